The fourth-order valence-electron chi connectivity index (χ4n) is 10.1. The van der Waals surface area contributed by atoms with E-state index in [2.05, 4.69) is 183 Å². The second kappa shape index (κ2) is 11.3. The van der Waals surface area contributed by atoms with E-state index in [1.54, 1.807) is 0 Å². The van der Waals surface area contributed by atoms with Crippen molar-refractivity contribution in [1.29, 1.82) is 0 Å². The molecule has 0 fully saturated rings. The van der Waals surface area contributed by atoms with Crippen LogP contribution in [0.3, 0.4) is 0 Å². The van der Waals surface area contributed by atoms with E-state index in [0.717, 1.165) is 39.0 Å². The zero-order valence-corrected chi connectivity index (χ0v) is 32.3. The van der Waals surface area contributed by atoms with Crippen molar-refractivity contribution in [3.63, 3.8) is 0 Å². The van der Waals surface area contributed by atoms with Gasteiger partial charge in [0, 0.05) is 55.5 Å². The van der Waals surface area contributed by atoms with Crippen LogP contribution in [-0.2, 0) is 10.8 Å². The smallest absolute Gasteiger partial charge is 0.135 e. The molecular formula is C53H39N3O. The normalized spacial score (nSPS) is 14.9. The molecule has 4 heteroatoms. The molecule has 0 spiro atoms. The number of anilines is 3. The molecule has 7 aromatic carbocycles. The van der Waals surface area contributed by atoms with Crippen LogP contribution in [-0.4, -0.2) is 9.55 Å². The number of furan rings is 1. The van der Waals surface area contributed by atoms with Gasteiger partial charge in [0.15, 0.2) is 0 Å². The van der Waals surface area contributed by atoms with E-state index in [1.807, 2.05) is 18.3 Å². The molecule has 4 nitrogen and oxygen atoms in total. The summed E-state index contributed by atoms with van der Waals surface area (Å²) in [6.45, 7) is 9.34. The monoisotopic (exact) mass is 733 g/mol. The van der Waals surface area contributed by atoms with Gasteiger partial charge in [0.25, 0.3) is 0 Å². The van der Waals surface area contributed by atoms with E-state index in [1.165, 1.54) is 72.1 Å². The lowest BCUT2D eigenvalue weighted by atomic mass is 9.73. The molecule has 2 aliphatic rings. The van der Waals surface area contributed by atoms with E-state index >= 15 is 0 Å². The maximum atomic E-state index is 6.23. The minimum absolute atomic E-state index is 0.0853. The van der Waals surface area contributed by atoms with Gasteiger partial charge in [0.05, 0.1) is 28.1 Å². The highest BCUT2D eigenvalue weighted by atomic mass is 16.3. The molecule has 1 aliphatic carbocycles. The summed E-state index contributed by atoms with van der Waals surface area (Å²) in [6, 6.07) is 57.9. The van der Waals surface area contributed by atoms with Crippen molar-refractivity contribution in [3.05, 3.63) is 186 Å². The molecule has 272 valence electrons. The van der Waals surface area contributed by atoms with E-state index < -0.39 is 0 Å². The topological polar surface area (TPSA) is 34.2 Å². The van der Waals surface area contributed by atoms with Crippen LogP contribution >= 0.6 is 0 Å². The molecule has 0 N–H and O–H groups in total. The second-order valence-electron chi connectivity index (χ2n) is 16.8. The molecule has 3 aromatic heterocycles. The van der Waals surface area contributed by atoms with Crippen molar-refractivity contribution in [3.8, 4) is 28.1 Å². The first-order chi connectivity index (χ1) is 27.8. The lowest BCUT2D eigenvalue weighted by Crippen LogP contribution is -2.30. The van der Waals surface area contributed by atoms with E-state index in [0.29, 0.717) is 0 Å². The van der Waals surface area contributed by atoms with Gasteiger partial charge in [0.2, 0.25) is 0 Å². The van der Waals surface area contributed by atoms with Gasteiger partial charge in [-0.25, -0.2) is 0 Å². The maximum absolute atomic E-state index is 6.23. The van der Waals surface area contributed by atoms with Gasteiger partial charge < -0.3 is 13.9 Å². The number of rotatable bonds is 3. The van der Waals surface area contributed by atoms with Gasteiger partial charge in [-0.15, -0.1) is 0 Å². The Morgan fingerprint density at radius 1 is 0.456 bits per heavy atom. The summed E-state index contributed by atoms with van der Waals surface area (Å²) < 4.78 is 8.65. The van der Waals surface area contributed by atoms with Gasteiger partial charge >= 0.3 is 0 Å². The number of hydrogen-bond donors (Lipinski definition) is 0. The number of hydrogen-bond acceptors (Lipinski definition) is 3. The number of fused-ring (bicyclic) bond motifs is 11. The SMILES string of the molecule is CC1(C)c2ccccc2N(c2ccc3oc4ccccc4c3c2)c2ccc(-c3ccc4c(c3)c3ccccc3n4-c3ccc4c(c3)-c3ncccc3C4(C)C)cc21. The van der Waals surface area contributed by atoms with Crippen LogP contribution < -0.4 is 4.90 Å². The lowest BCUT2D eigenvalue weighted by molar-refractivity contribution is 0.632. The quantitative estimate of drug-likeness (QED) is 0.181. The van der Waals surface area contributed by atoms with Gasteiger partial charge in [-0.2, -0.15) is 0 Å². The standard InChI is InChI=1S/C53H39N3O/c1-52(2)41-23-21-34(31-40(41)51-43(52)15-11-27-54-51)55-45-16-8-5-12-36(45)38-28-32(19-24-46(38)55)33-20-25-48-44(29-33)53(3,4)42-14-7-9-17-47(42)56(48)35-22-26-50-39(30-35)37-13-6-10-18-49(37)57-50/h5-31H,1-4H3. The summed E-state index contributed by atoms with van der Waals surface area (Å²) in [5.74, 6) is 0. The predicted octanol–water partition coefficient (Wildman–Crippen LogP) is 14.2. The van der Waals surface area contributed by atoms with Crippen LogP contribution in [0.15, 0.2) is 168 Å². The highest BCUT2D eigenvalue weighted by Crippen LogP contribution is 2.53. The maximum Gasteiger partial charge on any atom is 0.135 e. The Kier molecular flexibility index (Phi) is 6.43. The van der Waals surface area contributed by atoms with Crippen molar-refractivity contribution < 1.29 is 4.42 Å². The molecule has 0 amide bonds. The molecule has 0 unspecified atom stereocenters. The van der Waals surface area contributed by atoms with Crippen LogP contribution in [0.4, 0.5) is 17.1 Å². The van der Waals surface area contributed by atoms with Crippen LogP contribution in [0, 0.1) is 0 Å². The van der Waals surface area contributed by atoms with Gasteiger partial charge in [-0.05, 0) is 112 Å². The lowest BCUT2D eigenvalue weighted by Gasteiger charge is -2.42. The van der Waals surface area contributed by atoms with Crippen molar-refractivity contribution in [2.24, 2.45) is 0 Å². The van der Waals surface area contributed by atoms with E-state index in [4.69, 9.17) is 9.40 Å². The zero-order chi connectivity index (χ0) is 38.2. The fourth-order valence-corrected chi connectivity index (χ4v) is 10.1. The summed E-state index contributed by atoms with van der Waals surface area (Å²) in [6.07, 6.45) is 1.92. The molecule has 10 aromatic rings. The number of benzene rings is 7. The molecule has 1 aliphatic heterocycles. The summed E-state index contributed by atoms with van der Waals surface area (Å²) in [5.41, 5.74) is 18.5. The average Bonchev–Trinajstić information content (AvgIpc) is 3.86. The minimum atomic E-state index is -0.222. The van der Waals surface area contributed by atoms with Gasteiger partial charge in [-0.1, -0.05) is 107 Å². The molecule has 57 heavy (non-hydrogen) atoms. The Morgan fingerprint density at radius 3 is 2.05 bits per heavy atom. The number of nitrogens with zero attached hydrogens (tertiary/aromatic N) is 3. The van der Waals surface area contributed by atoms with Crippen LogP contribution in [0.2, 0.25) is 0 Å². The van der Waals surface area contributed by atoms with Crippen molar-refractivity contribution in [1.82, 2.24) is 9.55 Å². The van der Waals surface area contributed by atoms with Crippen LogP contribution in [0.1, 0.15) is 49.9 Å². The first-order valence-electron chi connectivity index (χ1n) is 19.9. The van der Waals surface area contributed by atoms with Crippen LogP contribution in [0.5, 0.6) is 0 Å². The molecule has 0 bridgehead atoms. The third-order valence-electron chi connectivity index (χ3n) is 13.0. The predicted molar refractivity (Wildman–Crippen MR) is 236 cm³/mol. The first kappa shape index (κ1) is 32.3. The number of para-hydroxylation sites is 3. The first-order valence-corrected chi connectivity index (χ1v) is 19.9. The number of aromatic nitrogens is 2. The average molecular weight is 734 g/mol. The highest BCUT2D eigenvalue weighted by Gasteiger charge is 2.38. The Hall–Kier alpha value is -6.91. The summed E-state index contributed by atoms with van der Waals surface area (Å²) in [5, 5.41) is 4.75. The summed E-state index contributed by atoms with van der Waals surface area (Å²) in [4.78, 5) is 7.30. The molecule has 12 rings (SSSR count). The minimum Gasteiger partial charge on any atom is -0.456 e. The third-order valence-corrected chi connectivity index (χ3v) is 13.0. The van der Waals surface area contributed by atoms with E-state index in [-0.39, 0.29) is 10.8 Å². The molecule has 0 radical (unpaired) electrons. The Morgan fingerprint density at radius 2 is 1.14 bits per heavy atom. The highest BCUT2D eigenvalue weighted by molar-refractivity contribution is 6.11. The van der Waals surface area contributed by atoms with Crippen LogP contribution in [0.25, 0.3) is 71.8 Å². The number of pyridine rings is 1. The Labute approximate surface area is 331 Å². The van der Waals surface area contributed by atoms with Crippen molar-refractivity contribution in [2.45, 2.75) is 38.5 Å². The second-order valence-corrected chi connectivity index (χ2v) is 16.8. The molecular weight excluding hydrogens is 695 g/mol. The fraction of sp³-hybridized carbons (Fsp3) is 0.113. The van der Waals surface area contributed by atoms with Crippen molar-refractivity contribution in [2.75, 3.05) is 4.90 Å². The largest absolute Gasteiger partial charge is 0.456 e. The zero-order valence-electron chi connectivity index (χ0n) is 32.3. The molecule has 4 heterocycles. The van der Waals surface area contributed by atoms with Crippen molar-refractivity contribution >= 4 is 60.8 Å². The molecule has 0 atom stereocenters. The Bertz CT molecular complexity index is 3320. The Balaban J connectivity index is 1.01. The van der Waals surface area contributed by atoms with Gasteiger partial charge in [0.1, 0.15) is 11.2 Å². The summed E-state index contributed by atoms with van der Waals surface area (Å²) in [7, 11) is 0. The molecule has 0 saturated heterocycles. The van der Waals surface area contributed by atoms with E-state index in [9.17, 15) is 0 Å². The molecule has 0 saturated carbocycles. The third kappa shape index (κ3) is 4.41. The van der Waals surface area contributed by atoms with Gasteiger partial charge in [-0.3, -0.25) is 4.98 Å². The summed E-state index contributed by atoms with van der Waals surface area (Å²) >= 11 is 0.